The lowest BCUT2D eigenvalue weighted by Crippen LogP contribution is -2.70. The first-order chi connectivity index (χ1) is 19.8. The standard InChI is InChI=1S/C33H47N7/c1-3-5-13-25(4-2)38-28-18-12-19-29(20-28)39(26-14-8-6-9-15-26)32-22-31(24-35-36-32)40(27-16-10-7-11-17-27)33-21-30(38)23-34-37-33/h4-11,13-17,28-37H,3,12,18-24H2,1-2H3. The topological polar surface area (TPSA) is 57.8 Å². The van der Waals surface area contributed by atoms with Gasteiger partial charge in [-0.2, -0.15) is 0 Å². The smallest absolute Gasteiger partial charge is 0.0945 e. The zero-order valence-corrected chi connectivity index (χ0v) is 24.2. The Morgan fingerprint density at radius 2 is 1.32 bits per heavy atom. The first-order valence-electron chi connectivity index (χ1n) is 15.5. The van der Waals surface area contributed by atoms with Crippen molar-refractivity contribution in [2.24, 2.45) is 0 Å². The van der Waals surface area contributed by atoms with E-state index in [1.807, 2.05) is 0 Å². The fraction of sp³-hybridized carbons (Fsp3) is 0.515. The molecule has 214 valence electrons. The summed E-state index contributed by atoms with van der Waals surface area (Å²) < 4.78 is 0. The van der Waals surface area contributed by atoms with Crippen LogP contribution in [0.4, 0.5) is 11.4 Å². The van der Waals surface area contributed by atoms with Crippen LogP contribution >= 0.6 is 0 Å². The Hall–Kier alpha value is -2.84. The van der Waals surface area contributed by atoms with Crippen LogP contribution in [0.15, 0.2) is 84.6 Å². The largest absolute Gasteiger partial charge is 0.364 e. The minimum absolute atomic E-state index is 0.187. The molecule has 3 saturated heterocycles. The Morgan fingerprint density at radius 1 is 0.750 bits per heavy atom. The molecule has 2 aromatic rings. The van der Waals surface area contributed by atoms with E-state index in [0.717, 1.165) is 32.4 Å². The zero-order valence-electron chi connectivity index (χ0n) is 24.2. The van der Waals surface area contributed by atoms with E-state index in [4.69, 9.17) is 0 Å². The summed E-state index contributed by atoms with van der Waals surface area (Å²) in [5.41, 5.74) is 18.7. The third-order valence-corrected chi connectivity index (χ3v) is 9.29. The second-order valence-electron chi connectivity index (χ2n) is 11.8. The summed E-state index contributed by atoms with van der Waals surface area (Å²) in [5, 5.41) is 0. The van der Waals surface area contributed by atoms with Crippen molar-refractivity contribution in [1.82, 2.24) is 26.6 Å². The van der Waals surface area contributed by atoms with Crippen LogP contribution in [0.2, 0.25) is 0 Å². The number of hydrazine groups is 2. The molecule has 0 spiro atoms. The fourth-order valence-electron chi connectivity index (χ4n) is 7.60. The summed E-state index contributed by atoms with van der Waals surface area (Å²) in [6, 6.07) is 23.9. The first kappa shape index (κ1) is 27.3. The minimum Gasteiger partial charge on any atom is -0.364 e. The number of anilines is 2. The highest BCUT2D eigenvalue weighted by molar-refractivity contribution is 5.51. The molecule has 6 bridgehead atoms. The molecule has 6 atom stereocenters. The Labute approximate surface area is 240 Å². The Bertz CT molecular complexity index is 1060. The molecule has 7 nitrogen and oxygen atoms in total. The van der Waals surface area contributed by atoms with Gasteiger partial charge in [0.05, 0.1) is 12.3 Å². The first-order valence-corrected chi connectivity index (χ1v) is 15.5. The highest BCUT2D eigenvalue weighted by Crippen LogP contribution is 2.37. The van der Waals surface area contributed by atoms with Crippen molar-refractivity contribution in [3.05, 3.63) is 84.6 Å². The van der Waals surface area contributed by atoms with E-state index in [0.29, 0.717) is 24.2 Å². The number of fused-ring (bicyclic) bond motifs is 6. The molecule has 0 amide bonds. The van der Waals surface area contributed by atoms with E-state index in [2.05, 4.69) is 129 Å². The van der Waals surface area contributed by atoms with Crippen LogP contribution in [0.1, 0.15) is 58.8 Å². The number of para-hydroxylation sites is 2. The van der Waals surface area contributed by atoms with Gasteiger partial charge in [-0.05, 0) is 69.4 Å². The fourth-order valence-corrected chi connectivity index (χ4v) is 7.60. The molecule has 7 heteroatoms. The van der Waals surface area contributed by atoms with Gasteiger partial charge in [-0.3, -0.25) is 10.9 Å². The van der Waals surface area contributed by atoms with Crippen molar-refractivity contribution in [3.8, 4) is 0 Å². The molecule has 4 N–H and O–H groups in total. The van der Waals surface area contributed by atoms with Gasteiger partial charge in [-0.15, -0.1) is 0 Å². The third kappa shape index (κ3) is 5.66. The average Bonchev–Trinajstić information content (AvgIpc) is 3.01. The molecular formula is C33H47N7. The molecule has 6 unspecified atom stereocenters. The van der Waals surface area contributed by atoms with Gasteiger partial charge in [0.25, 0.3) is 0 Å². The van der Waals surface area contributed by atoms with Crippen LogP contribution < -0.4 is 31.5 Å². The van der Waals surface area contributed by atoms with Gasteiger partial charge in [0.1, 0.15) is 0 Å². The van der Waals surface area contributed by atoms with E-state index >= 15 is 0 Å². The highest BCUT2D eigenvalue weighted by atomic mass is 15.5. The lowest BCUT2D eigenvalue weighted by atomic mass is 9.85. The lowest BCUT2D eigenvalue weighted by molar-refractivity contribution is 0.0907. The molecule has 6 rings (SSSR count). The molecule has 4 fully saturated rings. The normalized spacial score (nSPS) is 31.6. The minimum atomic E-state index is 0.187. The van der Waals surface area contributed by atoms with Gasteiger partial charge in [-0.25, -0.2) is 10.9 Å². The van der Waals surface area contributed by atoms with Gasteiger partial charge in [0.15, 0.2) is 0 Å². The summed E-state index contributed by atoms with van der Waals surface area (Å²) in [6.45, 7) is 6.28. The summed E-state index contributed by atoms with van der Waals surface area (Å²) in [4.78, 5) is 8.16. The maximum absolute atomic E-state index is 3.73. The summed E-state index contributed by atoms with van der Waals surface area (Å²) in [6.07, 6.45) is 15.5. The molecule has 1 aliphatic carbocycles. The number of rotatable bonds is 5. The van der Waals surface area contributed by atoms with Crippen LogP contribution in [0.3, 0.4) is 0 Å². The van der Waals surface area contributed by atoms with Crippen LogP contribution in [-0.2, 0) is 0 Å². The van der Waals surface area contributed by atoms with Gasteiger partial charge < -0.3 is 14.7 Å². The number of allylic oxidation sites excluding steroid dienone is 3. The third-order valence-electron chi connectivity index (χ3n) is 9.29. The lowest BCUT2D eigenvalue weighted by Gasteiger charge is -2.54. The van der Waals surface area contributed by atoms with Crippen LogP contribution in [0.25, 0.3) is 0 Å². The van der Waals surface area contributed by atoms with Gasteiger partial charge in [-0.1, -0.05) is 55.5 Å². The second-order valence-corrected chi connectivity index (χ2v) is 11.8. The van der Waals surface area contributed by atoms with Crippen LogP contribution in [0, 0.1) is 0 Å². The van der Waals surface area contributed by atoms with E-state index in [-0.39, 0.29) is 12.3 Å². The monoisotopic (exact) mass is 541 g/mol. The number of nitrogens with zero attached hydrogens (tertiary/aromatic N) is 3. The molecule has 3 aliphatic heterocycles. The summed E-state index contributed by atoms with van der Waals surface area (Å²) >= 11 is 0. The second kappa shape index (κ2) is 12.8. The molecule has 2 aromatic carbocycles. The molecule has 40 heavy (non-hydrogen) atoms. The van der Waals surface area contributed by atoms with Crippen molar-refractivity contribution in [2.75, 3.05) is 22.9 Å². The maximum atomic E-state index is 3.73. The van der Waals surface area contributed by atoms with E-state index in [1.54, 1.807) is 0 Å². The van der Waals surface area contributed by atoms with Crippen LogP contribution in [-0.4, -0.2) is 54.5 Å². The van der Waals surface area contributed by atoms with E-state index in [9.17, 15) is 0 Å². The molecule has 0 radical (unpaired) electrons. The van der Waals surface area contributed by atoms with Crippen molar-refractivity contribution in [3.63, 3.8) is 0 Å². The quantitative estimate of drug-likeness (QED) is 0.403. The van der Waals surface area contributed by atoms with Gasteiger partial charge in [0, 0.05) is 67.2 Å². The van der Waals surface area contributed by atoms with Gasteiger partial charge >= 0.3 is 0 Å². The summed E-state index contributed by atoms with van der Waals surface area (Å²) in [7, 11) is 0. The Balaban J connectivity index is 1.46. The highest BCUT2D eigenvalue weighted by Gasteiger charge is 2.42. The zero-order chi connectivity index (χ0) is 27.3. The van der Waals surface area contributed by atoms with Crippen LogP contribution in [0.5, 0.6) is 0 Å². The van der Waals surface area contributed by atoms with E-state index < -0.39 is 0 Å². The van der Waals surface area contributed by atoms with E-state index in [1.165, 1.54) is 42.8 Å². The Kier molecular flexibility index (Phi) is 8.73. The number of benzene rings is 2. The molecule has 1 saturated carbocycles. The van der Waals surface area contributed by atoms with Gasteiger partial charge in [0.2, 0.25) is 0 Å². The van der Waals surface area contributed by atoms with Crippen molar-refractivity contribution < 1.29 is 0 Å². The average molecular weight is 542 g/mol. The van der Waals surface area contributed by atoms with Crippen molar-refractivity contribution >= 4 is 11.4 Å². The SMILES string of the molecule is CC=C(C=CCC)N1C2CCCC(C2)N(c2ccccc2)C2CC(CNN2)N(c2ccccc2)C2CC1CNN2. The van der Waals surface area contributed by atoms with Crippen molar-refractivity contribution in [1.29, 1.82) is 0 Å². The maximum Gasteiger partial charge on any atom is 0.0945 e. The number of hydrogen-bond acceptors (Lipinski definition) is 7. The van der Waals surface area contributed by atoms with Crippen molar-refractivity contribution in [2.45, 2.75) is 95.3 Å². The number of nitrogens with one attached hydrogen (secondary N) is 4. The predicted molar refractivity (Wildman–Crippen MR) is 166 cm³/mol. The predicted octanol–water partition coefficient (Wildman–Crippen LogP) is 4.88. The summed E-state index contributed by atoms with van der Waals surface area (Å²) in [5.74, 6) is 0. The Morgan fingerprint density at radius 3 is 1.95 bits per heavy atom. The molecule has 0 aromatic heterocycles. The molecule has 4 aliphatic rings. The molecule has 3 heterocycles. The molecular weight excluding hydrogens is 494 g/mol. The number of hydrogen-bond donors (Lipinski definition) is 4.